The Morgan fingerprint density at radius 3 is 2.27 bits per heavy atom. The molecule has 0 amide bonds. The van der Waals surface area contributed by atoms with Crippen LogP contribution in [0, 0.1) is 29.4 Å². The van der Waals surface area contributed by atoms with E-state index < -0.39 is 11.6 Å². The molecule has 5 heteroatoms. The lowest BCUT2D eigenvalue weighted by Gasteiger charge is -2.41. The first-order valence-corrected chi connectivity index (χ1v) is 12.6. The quantitative estimate of drug-likeness (QED) is 0.548. The Morgan fingerprint density at radius 1 is 0.909 bits per heavy atom. The average molecular weight is 454 g/mol. The summed E-state index contributed by atoms with van der Waals surface area (Å²) in [6.45, 7) is 1.27. The zero-order chi connectivity index (χ0) is 22.9. The van der Waals surface area contributed by atoms with E-state index in [-0.39, 0.29) is 29.1 Å². The van der Waals surface area contributed by atoms with Crippen LogP contribution < -0.4 is 4.90 Å². The van der Waals surface area contributed by atoms with Crippen molar-refractivity contribution in [2.45, 2.75) is 63.7 Å². The Bertz CT molecular complexity index is 986. The summed E-state index contributed by atoms with van der Waals surface area (Å²) in [5, 5.41) is 10.0. The number of rotatable bonds is 4. The van der Waals surface area contributed by atoms with Gasteiger partial charge in [0.1, 0.15) is 23.7 Å². The van der Waals surface area contributed by atoms with Gasteiger partial charge in [-0.2, -0.15) is 0 Å². The summed E-state index contributed by atoms with van der Waals surface area (Å²) in [7, 11) is 0. The second-order valence-corrected chi connectivity index (χ2v) is 10.2. The SMILES string of the molecule is O=CC1CCN(c2cc(F)c([C@H]3c4ccc(O)cc4CC[C@H]3C3CCCCC3)c(F)c2)CC1. The fraction of sp³-hybridized carbons (Fsp3) is 0.536. The number of benzene rings is 2. The largest absolute Gasteiger partial charge is 0.508 e. The minimum atomic E-state index is -0.478. The van der Waals surface area contributed by atoms with Gasteiger partial charge in [-0.05, 0) is 72.9 Å². The van der Waals surface area contributed by atoms with Crippen LogP contribution in [0.2, 0.25) is 0 Å². The van der Waals surface area contributed by atoms with Gasteiger partial charge < -0.3 is 14.8 Å². The third-order valence-electron chi connectivity index (χ3n) is 8.36. The van der Waals surface area contributed by atoms with Crippen LogP contribution in [0.3, 0.4) is 0 Å². The second-order valence-electron chi connectivity index (χ2n) is 10.2. The number of hydrogen-bond acceptors (Lipinski definition) is 3. The topological polar surface area (TPSA) is 40.5 Å². The molecule has 2 aromatic carbocycles. The van der Waals surface area contributed by atoms with Crippen molar-refractivity contribution < 1.29 is 18.7 Å². The molecule has 1 saturated heterocycles. The number of phenolic OH excluding ortho intramolecular Hbond substituents is 1. The van der Waals surface area contributed by atoms with E-state index in [1.165, 1.54) is 31.4 Å². The normalized spacial score (nSPS) is 24.5. The molecule has 1 saturated carbocycles. The lowest BCUT2D eigenvalue weighted by atomic mass is 9.64. The Morgan fingerprint density at radius 2 is 1.61 bits per heavy atom. The summed E-state index contributed by atoms with van der Waals surface area (Å²) in [5.74, 6) is -0.344. The summed E-state index contributed by atoms with van der Waals surface area (Å²) in [6.07, 6.45) is 10.1. The third-order valence-corrected chi connectivity index (χ3v) is 8.36. The van der Waals surface area contributed by atoms with Crippen molar-refractivity contribution in [3.63, 3.8) is 0 Å². The maximum atomic E-state index is 15.7. The molecule has 176 valence electrons. The number of hydrogen-bond donors (Lipinski definition) is 1. The minimum absolute atomic E-state index is 0.0432. The number of piperidine rings is 1. The smallest absolute Gasteiger partial charge is 0.132 e. The molecule has 2 aromatic rings. The van der Waals surface area contributed by atoms with Crippen molar-refractivity contribution in [3.8, 4) is 5.75 Å². The summed E-state index contributed by atoms with van der Waals surface area (Å²) in [5.41, 5.74) is 2.72. The fourth-order valence-electron chi connectivity index (χ4n) is 6.62. The molecule has 0 spiro atoms. The van der Waals surface area contributed by atoms with Gasteiger partial charge in [-0.25, -0.2) is 8.78 Å². The van der Waals surface area contributed by atoms with Gasteiger partial charge in [-0.15, -0.1) is 0 Å². The zero-order valence-electron chi connectivity index (χ0n) is 19.1. The first-order valence-electron chi connectivity index (χ1n) is 12.6. The van der Waals surface area contributed by atoms with E-state index >= 15 is 8.78 Å². The molecule has 1 N–H and O–H groups in total. The van der Waals surface area contributed by atoms with Crippen LogP contribution in [0.4, 0.5) is 14.5 Å². The maximum absolute atomic E-state index is 15.7. The predicted octanol–water partition coefficient (Wildman–Crippen LogP) is 6.36. The Hall–Kier alpha value is -2.43. The lowest BCUT2D eigenvalue weighted by molar-refractivity contribution is -0.111. The Kier molecular flexibility index (Phi) is 6.40. The molecule has 5 rings (SSSR count). The number of phenols is 1. The van der Waals surface area contributed by atoms with E-state index in [0.29, 0.717) is 24.7 Å². The number of carbonyl (C=O) groups excluding carboxylic acids is 1. The van der Waals surface area contributed by atoms with E-state index in [4.69, 9.17) is 0 Å². The van der Waals surface area contributed by atoms with E-state index in [1.54, 1.807) is 12.1 Å². The fourth-order valence-corrected chi connectivity index (χ4v) is 6.62. The lowest BCUT2D eigenvalue weighted by Crippen LogP contribution is -2.34. The summed E-state index contributed by atoms with van der Waals surface area (Å²) >= 11 is 0. The Labute approximate surface area is 194 Å². The van der Waals surface area contributed by atoms with Gasteiger partial charge in [0.25, 0.3) is 0 Å². The van der Waals surface area contributed by atoms with Crippen LogP contribution in [0.1, 0.15) is 74.0 Å². The van der Waals surface area contributed by atoms with Crippen LogP contribution in [-0.4, -0.2) is 24.5 Å². The highest BCUT2D eigenvalue weighted by molar-refractivity contribution is 5.56. The van der Waals surface area contributed by atoms with Crippen LogP contribution in [0.25, 0.3) is 0 Å². The Balaban J connectivity index is 1.52. The molecule has 0 bridgehead atoms. The van der Waals surface area contributed by atoms with E-state index in [1.807, 2.05) is 11.0 Å². The summed E-state index contributed by atoms with van der Waals surface area (Å²) in [4.78, 5) is 13.0. The molecule has 1 aliphatic heterocycles. The maximum Gasteiger partial charge on any atom is 0.132 e. The van der Waals surface area contributed by atoms with Crippen LogP contribution in [0.15, 0.2) is 30.3 Å². The van der Waals surface area contributed by atoms with Crippen LogP contribution in [-0.2, 0) is 11.2 Å². The molecule has 0 unspecified atom stereocenters. The molecule has 3 nitrogen and oxygen atoms in total. The first-order chi connectivity index (χ1) is 16.0. The molecule has 2 atom stereocenters. The van der Waals surface area contributed by atoms with Gasteiger partial charge in [0, 0.05) is 36.2 Å². The third kappa shape index (κ3) is 4.39. The van der Waals surface area contributed by atoms with Crippen LogP contribution >= 0.6 is 0 Å². The second kappa shape index (κ2) is 9.44. The summed E-state index contributed by atoms with van der Waals surface area (Å²) in [6, 6.07) is 8.27. The number of aromatic hydroxyl groups is 1. The number of nitrogens with zero attached hydrogens (tertiary/aromatic N) is 1. The van der Waals surface area contributed by atoms with E-state index in [9.17, 15) is 9.90 Å². The van der Waals surface area contributed by atoms with Crippen molar-refractivity contribution in [1.29, 1.82) is 0 Å². The van der Waals surface area contributed by atoms with Gasteiger partial charge in [0.2, 0.25) is 0 Å². The number of aryl methyl sites for hydroxylation is 1. The number of fused-ring (bicyclic) bond motifs is 1. The van der Waals surface area contributed by atoms with Gasteiger partial charge in [-0.3, -0.25) is 0 Å². The van der Waals surface area contributed by atoms with E-state index in [0.717, 1.165) is 55.9 Å². The van der Waals surface area contributed by atoms with E-state index in [2.05, 4.69) is 0 Å². The highest BCUT2D eigenvalue weighted by Crippen LogP contribution is 2.50. The van der Waals surface area contributed by atoms with Crippen molar-refractivity contribution in [2.75, 3.05) is 18.0 Å². The molecule has 0 radical (unpaired) electrons. The molecule has 0 aromatic heterocycles. The standard InChI is InChI=1S/C28H33F2NO2/c29-25-15-21(31-12-10-18(17-32)11-13-31)16-26(30)28(25)27-23(19-4-2-1-3-5-19)8-6-20-14-22(33)7-9-24(20)27/h7,9,14-19,23,27,33H,1-6,8,10-13H2/t23-,27+/m0/s1. The van der Waals surface area contributed by atoms with Gasteiger partial charge >= 0.3 is 0 Å². The average Bonchev–Trinajstić information content (AvgIpc) is 2.84. The van der Waals surface area contributed by atoms with Crippen molar-refractivity contribution in [2.24, 2.45) is 17.8 Å². The molecule has 33 heavy (non-hydrogen) atoms. The highest BCUT2D eigenvalue weighted by atomic mass is 19.1. The first kappa shape index (κ1) is 22.4. The van der Waals surface area contributed by atoms with Gasteiger partial charge in [0.15, 0.2) is 0 Å². The van der Waals surface area contributed by atoms with Gasteiger partial charge in [0.05, 0.1) is 0 Å². The van der Waals surface area contributed by atoms with Gasteiger partial charge in [-0.1, -0.05) is 38.2 Å². The number of carbonyl (C=O) groups is 1. The monoisotopic (exact) mass is 453 g/mol. The van der Waals surface area contributed by atoms with Crippen molar-refractivity contribution in [1.82, 2.24) is 0 Å². The number of anilines is 1. The predicted molar refractivity (Wildman–Crippen MR) is 126 cm³/mol. The molecule has 2 aliphatic carbocycles. The molecule has 2 fully saturated rings. The minimum Gasteiger partial charge on any atom is -0.508 e. The van der Waals surface area contributed by atoms with Crippen molar-refractivity contribution in [3.05, 3.63) is 58.7 Å². The number of aldehydes is 1. The number of halogens is 2. The molecular formula is C28H33F2NO2. The molecule has 1 heterocycles. The molecule has 3 aliphatic rings. The zero-order valence-corrected chi connectivity index (χ0v) is 19.1. The van der Waals surface area contributed by atoms with Crippen LogP contribution in [0.5, 0.6) is 5.75 Å². The molecular weight excluding hydrogens is 420 g/mol. The summed E-state index contributed by atoms with van der Waals surface area (Å²) < 4.78 is 31.5. The highest BCUT2D eigenvalue weighted by Gasteiger charge is 2.39. The van der Waals surface area contributed by atoms with Crippen molar-refractivity contribution >= 4 is 12.0 Å².